The molecular weight excluding hydrogens is 320 g/mol. The number of rotatable bonds is 6. The molecule has 0 unspecified atom stereocenters. The van der Waals surface area contributed by atoms with Gasteiger partial charge in [-0.2, -0.15) is 4.98 Å². The summed E-state index contributed by atoms with van der Waals surface area (Å²) in [6, 6.07) is 9.51. The molecule has 0 saturated carbocycles. The number of aromatic nitrogens is 4. The SMILES string of the molecule is Nc1ncc(/C=C/C(=O)NCCc2noc(-c3ccccc3)n2)cn1. The molecule has 3 N–H and O–H groups in total. The molecule has 0 spiro atoms. The number of hydrogen-bond donors (Lipinski definition) is 2. The Hall–Kier alpha value is -3.55. The van der Waals surface area contributed by atoms with Gasteiger partial charge in [0.2, 0.25) is 11.9 Å². The number of hydrogen-bond acceptors (Lipinski definition) is 7. The minimum absolute atomic E-state index is 0.191. The van der Waals surface area contributed by atoms with Crippen LogP contribution in [0.5, 0.6) is 0 Å². The first-order valence-corrected chi connectivity index (χ1v) is 7.62. The van der Waals surface area contributed by atoms with Crippen LogP contribution in [0.15, 0.2) is 53.3 Å². The fourth-order valence-electron chi connectivity index (χ4n) is 2.02. The minimum atomic E-state index is -0.233. The molecule has 0 atom stereocenters. The third kappa shape index (κ3) is 4.71. The lowest BCUT2D eigenvalue weighted by Gasteiger charge is -1.98. The van der Waals surface area contributed by atoms with Gasteiger partial charge >= 0.3 is 0 Å². The molecule has 1 amide bonds. The summed E-state index contributed by atoms with van der Waals surface area (Å²) in [7, 11) is 0. The van der Waals surface area contributed by atoms with E-state index < -0.39 is 0 Å². The topological polar surface area (TPSA) is 120 Å². The van der Waals surface area contributed by atoms with Crippen LogP contribution in [0.3, 0.4) is 0 Å². The second kappa shape index (κ2) is 7.82. The first-order chi connectivity index (χ1) is 12.2. The summed E-state index contributed by atoms with van der Waals surface area (Å²) in [4.78, 5) is 23.8. The monoisotopic (exact) mass is 336 g/mol. The van der Waals surface area contributed by atoms with Crippen molar-refractivity contribution in [2.75, 3.05) is 12.3 Å². The highest BCUT2D eigenvalue weighted by Gasteiger charge is 2.08. The van der Waals surface area contributed by atoms with Crippen molar-refractivity contribution in [1.82, 2.24) is 25.4 Å². The second-order valence-electron chi connectivity index (χ2n) is 5.13. The van der Waals surface area contributed by atoms with Gasteiger partial charge in [-0.05, 0) is 18.2 Å². The van der Waals surface area contributed by atoms with Gasteiger partial charge in [0.25, 0.3) is 5.89 Å². The zero-order valence-corrected chi connectivity index (χ0v) is 13.3. The van der Waals surface area contributed by atoms with Crippen molar-refractivity contribution < 1.29 is 9.32 Å². The normalized spacial score (nSPS) is 10.9. The van der Waals surface area contributed by atoms with E-state index in [1.54, 1.807) is 6.08 Å². The highest BCUT2D eigenvalue weighted by Crippen LogP contribution is 2.15. The predicted octanol–water partition coefficient (Wildman–Crippen LogP) is 1.48. The van der Waals surface area contributed by atoms with E-state index in [2.05, 4.69) is 25.4 Å². The number of anilines is 1. The largest absolute Gasteiger partial charge is 0.368 e. The molecule has 0 aliphatic carbocycles. The zero-order chi connectivity index (χ0) is 17.5. The number of nitrogens with one attached hydrogen (secondary N) is 1. The molecule has 1 aromatic carbocycles. The molecule has 25 heavy (non-hydrogen) atoms. The Morgan fingerprint density at radius 2 is 1.96 bits per heavy atom. The third-order valence-electron chi connectivity index (χ3n) is 3.26. The molecule has 2 aromatic heterocycles. The molecule has 2 heterocycles. The van der Waals surface area contributed by atoms with Crippen LogP contribution in [0.4, 0.5) is 5.95 Å². The standard InChI is InChI=1S/C17H16N6O2/c18-17-20-10-12(11-21-17)6-7-15(24)19-9-8-14-22-16(25-23-14)13-4-2-1-3-5-13/h1-7,10-11H,8-9H2,(H,19,24)(H2,18,20,21)/b7-6+. The number of nitrogens with two attached hydrogens (primary N) is 1. The van der Waals surface area contributed by atoms with Crippen LogP contribution in [-0.2, 0) is 11.2 Å². The van der Waals surface area contributed by atoms with Gasteiger partial charge in [-0.3, -0.25) is 4.79 Å². The van der Waals surface area contributed by atoms with Gasteiger partial charge in [0, 0.05) is 42.6 Å². The number of amides is 1. The second-order valence-corrected chi connectivity index (χ2v) is 5.13. The van der Waals surface area contributed by atoms with Crippen LogP contribution in [0.1, 0.15) is 11.4 Å². The fourth-order valence-corrected chi connectivity index (χ4v) is 2.02. The van der Waals surface area contributed by atoms with Gasteiger partial charge in [0.15, 0.2) is 5.82 Å². The fraction of sp³-hybridized carbons (Fsp3) is 0.118. The quantitative estimate of drug-likeness (QED) is 0.654. The lowest BCUT2D eigenvalue weighted by Crippen LogP contribution is -2.23. The molecule has 8 heteroatoms. The van der Waals surface area contributed by atoms with Crippen molar-refractivity contribution in [3.63, 3.8) is 0 Å². The molecule has 8 nitrogen and oxygen atoms in total. The van der Waals surface area contributed by atoms with Crippen LogP contribution in [0, 0.1) is 0 Å². The molecule has 0 aliphatic heterocycles. The van der Waals surface area contributed by atoms with E-state index in [-0.39, 0.29) is 11.9 Å². The average molecular weight is 336 g/mol. The summed E-state index contributed by atoms with van der Waals surface area (Å²) >= 11 is 0. The summed E-state index contributed by atoms with van der Waals surface area (Å²) in [5.74, 6) is 0.959. The Balaban J connectivity index is 1.47. The molecule has 0 aliphatic rings. The summed E-state index contributed by atoms with van der Waals surface area (Å²) in [6.45, 7) is 0.398. The Morgan fingerprint density at radius 3 is 2.72 bits per heavy atom. The van der Waals surface area contributed by atoms with E-state index in [9.17, 15) is 4.79 Å². The van der Waals surface area contributed by atoms with Crippen LogP contribution in [0.2, 0.25) is 0 Å². The van der Waals surface area contributed by atoms with Gasteiger partial charge < -0.3 is 15.6 Å². The van der Waals surface area contributed by atoms with Crippen molar-refractivity contribution in [2.24, 2.45) is 0 Å². The van der Waals surface area contributed by atoms with E-state index in [0.29, 0.717) is 30.2 Å². The van der Waals surface area contributed by atoms with Gasteiger partial charge in [0.1, 0.15) is 0 Å². The molecule has 0 bridgehead atoms. The minimum Gasteiger partial charge on any atom is -0.368 e. The number of nitrogen functional groups attached to an aromatic ring is 1. The molecule has 0 saturated heterocycles. The Labute approximate surface area is 143 Å². The summed E-state index contributed by atoms with van der Waals surface area (Å²) in [6.07, 6.45) is 6.56. The molecule has 3 rings (SSSR count). The lowest BCUT2D eigenvalue weighted by atomic mass is 10.2. The maximum absolute atomic E-state index is 11.8. The van der Waals surface area contributed by atoms with Crippen molar-refractivity contribution >= 4 is 17.9 Å². The predicted molar refractivity (Wildman–Crippen MR) is 91.9 cm³/mol. The van der Waals surface area contributed by atoms with Gasteiger partial charge in [0.05, 0.1) is 0 Å². The Kier molecular flexibility index (Phi) is 5.10. The molecular formula is C17H16N6O2. The van der Waals surface area contributed by atoms with Crippen LogP contribution < -0.4 is 11.1 Å². The van der Waals surface area contributed by atoms with Crippen LogP contribution in [0.25, 0.3) is 17.5 Å². The van der Waals surface area contributed by atoms with Crippen molar-refractivity contribution in [3.05, 3.63) is 60.2 Å². The number of carbonyl (C=O) groups is 1. The van der Waals surface area contributed by atoms with E-state index in [4.69, 9.17) is 10.3 Å². The average Bonchev–Trinajstić information content (AvgIpc) is 3.11. The third-order valence-corrected chi connectivity index (χ3v) is 3.26. The van der Waals surface area contributed by atoms with E-state index >= 15 is 0 Å². The van der Waals surface area contributed by atoms with E-state index in [0.717, 1.165) is 5.56 Å². The molecule has 0 fully saturated rings. The smallest absolute Gasteiger partial charge is 0.257 e. The maximum Gasteiger partial charge on any atom is 0.257 e. The summed E-state index contributed by atoms with van der Waals surface area (Å²) in [5, 5.41) is 6.66. The van der Waals surface area contributed by atoms with Crippen molar-refractivity contribution in [2.45, 2.75) is 6.42 Å². The van der Waals surface area contributed by atoms with E-state index in [1.807, 2.05) is 30.3 Å². The Morgan fingerprint density at radius 1 is 1.20 bits per heavy atom. The van der Waals surface area contributed by atoms with Gasteiger partial charge in [-0.15, -0.1) is 0 Å². The highest BCUT2D eigenvalue weighted by molar-refractivity contribution is 5.91. The number of benzene rings is 1. The lowest BCUT2D eigenvalue weighted by molar-refractivity contribution is -0.116. The van der Waals surface area contributed by atoms with Gasteiger partial charge in [-0.25, -0.2) is 9.97 Å². The molecule has 3 aromatic rings. The van der Waals surface area contributed by atoms with Crippen LogP contribution >= 0.6 is 0 Å². The first kappa shape index (κ1) is 16.3. The van der Waals surface area contributed by atoms with Crippen molar-refractivity contribution in [3.8, 4) is 11.5 Å². The number of carbonyl (C=O) groups excluding carboxylic acids is 1. The van der Waals surface area contributed by atoms with Gasteiger partial charge in [-0.1, -0.05) is 23.4 Å². The summed E-state index contributed by atoms with van der Waals surface area (Å²) < 4.78 is 5.21. The van der Waals surface area contributed by atoms with E-state index in [1.165, 1.54) is 18.5 Å². The molecule has 0 radical (unpaired) electrons. The maximum atomic E-state index is 11.8. The highest BCUT2D eigenvalue weighted by atomic mass is 16.5. The van der Waals surface area contributed by atoms with Crippen molar-refractivity contribution in [1.29, 1.82) is 0 Å². The molecule has 126 valence electrons. The Bertz CT molecular complexity index is 858. The summed E-state index contributed by atoms with van der Waals surface area (Å²) in [5.41, 5.74) is 6.95. The first-order valence-electron chi connectivity index (χ1n) is 7.62. The van der Waals surface area contributed by atoms with Crippen LogP contribution in [-0.4, -0.2) is 32.6 Å². The number of nitrogens with zero attached hydrogens (tertiary/aromatic N) is 4. The zero-order valence-electron chi connectivity index (χ0n) is 13.3.